The molecule has 0 saturated carbocycles. The summed E-state index contributed by atoms with van der Waals surface area (Å²) >= 11 is 0. The summed E-state index contributed by atoms with van der Waals surface area (Å²) < 4.78 is 66.3. The smallest absolute Gasteiger partial charge is 0.463 e. The van der Waals surface area contributed by atoms with Crippen LogP contribution in [0.4, 0.5) is 22.0 Å². The quantitative estimate of drug-likeness (QED) is 0.133. The third kappa shape index (κ3) is 15.1. The Kier molecular flexibility index (Phi) is 16.4. The molecule has 0 aliphatic rings. The number of ether oxygens (including phenoxy) is 1. The van der Waals surface area contributed by atoms with Gasteiger partial charge in [-0.25, -0.2) is 0 Å². The second-order valence-corrected chi connectivity index (χ2v) is 7.89. The van der Waals surface area contributed by atoms with E-state index in [0.29, 0.717) is 6.42 Å². The van der Waals surface area contributed by atoms with E-state index in [2.05, 4.69) is 6.92 Å². The van der Waals surface area contributed by atoms with E-state index in [9.17, 15) is 31.5 Å². The molecule has 0 heterocycles. The lowest BCUT2D eigenvalue weighted by Gasteiger charge is -2.18. The van der Waals surface area contributed by atoms with Gasteiger partial charge >= 0.3 is 18.1 Å². The molecule has 184 valence electrons. The van der Waals surface area contributed by atoms with E-state index >= 15 is 0 Å². The van der Waals surface area contributed by atoms with Gasteiger partial charge in [-0.15, -0.1) is 0 Å². The van der Waals surface area contributed by atoms with Gasteiger partial charge in [-0.05, 0) is 6.42 Å². The normalized spacial score (nSPS) is 12.1. The van der Waals surface area contributed by atoms with Gasteiger partial charge in [-0.3, -0.25) is 9.59 Å². The maximum Gasteiger partial charge on any atom is 0.463 e. The van der Waals surface area contributed by atoms with Gasteiger partial charge in [0.05, 0.1) is 13.0 Å². The Balaban J connectivity index is 3.47. The molecule has 0 aromatic carbocycles. The first-order valence-electron chi connectivity index (χ1n) is 11.5. The van der Waals surface area contributed by atoms with Gasteiger partial charge in [0.1, 0.15) is 0 Å². The van der Waals surface area contributed by atoms with Crippen molar-refractivity contribution in [1.82, 2.24) is 5.32 Å². The molecule has 4 nitrogen and oxygen atoms in total. The molecule has 31 heavy (non-hydrogen) atoms. The van der Waals surface area contributed by atoms with Gasteiger partial charge in [0, 0.05) is 6.54 Å². The van der Waals surface area contributed by atoms with E-state index in [0.717, 1.165) is 19.3 Å². The van der Waals surface area contributed by atoms with Crippen LogP contribution in [0.5, 0.6) is 0 Å². The predicted octanol–water partition coefficient (Wildman–Crippen LogP) is 6.71. The van der Waals surface area contributed by atoms with Crippen LogP contribution < -0.4 is 5.32 Å². The van der Waals surface area contributed by atoms with E-state index in [4.69, 9.17) is 4.74 Å². The lowest BCUT2D eigenvalue weighted by Crippen LogP contribution is -2.50. The number of amides is 1. The third-order valence-corrected chi connectivity index (χ3v) is 5.02. The molecule has 0 spiro atoms. The minimum atomic E-state index is -5.97. The molecule has 0 aliphatic carbocycles. The molecule has 0 rings (SSSR count). The number of rotatable bonds is 19. The minimum Gasteiger partial charge on any atom is -0.466 e. The van der Waals surface area contributed by atoms with Crippen molar-refractivity contribution in [2.75, 3.05) is 13.2 Å². The van der Waals surface area contributed by atoms with Crippen LogP contribution in [-0.4, -0.2) is 37.1 Å². The summed E-state index contributed by atoms with van der Waals surface area (Å²) in [6.45, 7) is 1.75. The van der Waals surface area contributed by atoms with Crippen molar-refractivity contribution in [3.05, 3.63) is 0 Å². The number of nitrogens with one attached hydrogen (secondary N) is 1. The number of hydrogen-bond acceptors (Lipinski definition) is 3. The van der Waals surface area contributed by atoms with E-state index in [1.165, 1.54) is 69.5 Å². The fourth-order valence-corrected chi connectivity index (χ4v) is 3.07. The maximum absolute atomic E-state index is 12.7. The Morgan fingerprint density at radius 2 is 1.13 bits per heavy atom. The molecule has 0 aromatic rings. The van der Waals surface area contributed by atoms with Crippen LogP contribution in [-0.2, 0) is 14.3 Å². The highest BCUT2D eigenvalue weighted by Gasteiger charge is 2.63. The first kappa shape index (κ1) is 29.6. The van der Waals surface area contributed by atoms with Gasteiger partial charge in [0.15, 0.2) is 0 Å². The summed E-state index contributed by atoms with van der Waals surface area (Å²) in [6.07, 6.45) is 10.3. The summed E-state index contributed by atoms with van der Waals surface area (Å²) in [5, 5.41) is 1.40. The van der Waals surface area contributed by atoms with Crippen LogP contribution in [0.2, 0.25) is 0 Å². The number of carbonyl (C=O) groups excluding carboxylic acids is 2. The Morgan fingerprint density at radius 3 is 1.55 bits per heavy atom. The molecule has 0 aliphatic heterocycles. The minimum absolute atomic E-state index is 0.170. The van der Waals surface area contributed by atoms with Crippen LogP contribution in [0, 0.1) is 0 Å². The Bertz CT molecular complexity index is 484. The molecule has 0 radical (unpaired) electrons. The Labute approximate surface area is 182 Å². The van der Waals surface area contributed by atoms with Crippen molar-refractivity contribution in [2.24, 2.45) is 0 Å². The molecule has 0 aromatic heterocycles. The van der Waals surface area contributed by atoms with Gasteiger partial charge in [-0.2, -0.15) is 22.0 Å². The first-order chi connectivity index (χ1) is 14.6. The molecule has 0 atom stereocenters. The van der Waals surface area contributed by atoms with E-state index < -0.39 is 36.9 Å². The average molecular weight is 460 g/mol. The zero-order valence-electron chi connectivity index (χ0n) is 18.6. The summed E-state index contributed by atoms with van der Waals surface area (Å²) in [4.78, 5) is 22.3. The van der Waals surface area contributed by atoms with Crippen LogP contribution in [0.1, 0.15) is 103 Å². The highest BCUT2D eigenvalue weighted by molar-refractivity contribution is 5.84. The summed E-state index contributed by atoms with van der Waals surface area (Å²) in [5.74, 6) is -8.70. The number of alkyl halides is 5. The zero-order chi connectivity index (χ0) is 23.6. The van der Waals surface area contributed by atoms with Crippen molar-refractivity contribution < 1.29 is 36.3 Å². The highest BCUT2D eigenvalue weighted by atomic mass is 19.4. The van der Waals surface area contributed by atoms with Crippen molar-refractivity contribution in [2.45, 2.75) is 115 Å². The highest BCUT2D eigenvalue weighted by Crippen LogP contribution is 2.35. The van der Waals surface area contributed by atoms with Crippen molar-refractivity contribution in [1.29, 1.82) is 0 Å². The van der Waals surface area contributed by atoms with Crippen LogP contribution >= 0.6 is 0 Å². The maximum atomic E-state index is 12.7. The van der Waals surface area contributed by atoms with E-state index in [1.54, 1.807) is 0 Å². The Morgan fingerprint density at radius 1 is 0.710 bits per heavy atom. The second kappa shape index (κ2) is 17.2. The van der Waals surface area contributed by atoms with E-state index in [-0.39, 0.29) is 6.61 Å². The number of hydrogen-bond donors (Lipinski definition) is 1. The predicted molar refractivity (Wildman–Crippen MR) is 110 cm³/mol. The number of esters is 1. The first-order valence-corrected chi connectivity index (χ1v) is 11.5. The lowest BCUT2D eigenvalue weighted by molar-refractivity contribution is -0.269. The van der Waals surface area contributed by atoms with Crippen molar-refractivity contribution in [3.8, 4) is 0 Å². The largest absolute Gasteiger partial charge is 0.466 e. The molecular weight excluding hydrogens is 421 g/mol. The summed E-state index contributed by atoms with van der Waals surface area (Å²) in [7, 11) is 0. The van der Waals surface area contributed by atoms with Crippen LogP contribution in [0.3, 0.4) is 0 Å². The van der Waals surface area contributed by atoms with Gasteiger partial charge in [0.25, 0.3) is 5.91 Å². The molecule has 0 bridgehead atoms. The molecule has 1 N–H and O–H groups in total. The molecule has 1 amide bonds. The molecule has 0 saturated heterocycles. The van der Waals surface area contributed by atoms with E-state index in [1.807, 2.05) is 0 Å². The fourth-order valence-electron chi connectivity index (χ4n) is 3.07. The second-order valence-electron chi connectivity index (χ2n) is 7.89. The molecular formula is C22H38F5NO3. The average Bonchev–Trinajstić information content (AvgIpc) is 2.69. The summed E-state index contributed by atoms with van der Waals surface area (Å²) in [5.41, 5.74) is 0. The molecule has 0 unspecified atom stereocenters. The molecule has 0 fully saturated rings. The van der Waals surface area contributed by atoms with Gasteiger partial charge in [-0.1, -0.05) is 90.4 Å². The van der Waals surface area contributed by atoms with Gasteiger partial charge < -0.3 is 10.1 Å². The number of carbonyl (C=O) groups is 2. The summed E-state index contributed by atoms with van der Waals surface area (Å²) in [6, 6.07) is 0. The van der Waals surface area contributed by atoms with Crippen LogP contribution in [0.25, 0.3) is 0 Å². The van der Waals surface area contributed by atoms with Crippen molar-refractivity contribution in [3.63, 3.8) is 0 Å². The topological polar surface area (TPSA) is 55.4 Å². The number of unbranched alkanes of at least 4 members (excludes halogenated alkanes) is 13. The number of halogens is 5. The fraction of sp³-hybridized carbons (Fsp3) is 0.909. The van der Waals surface area contributed by atoms with Crippen molar-refractivity contribution >= 4 is 11.9 Å². The van der Waals surface area contributed by atoms with Gasteiger partial charge in [0.2, 0.25) is 0 Å². The lowest BCUT2D eigenvalue weighted by atomic mass is 10.0. The van der Waals surface area contributed by atoms with Crippen LogP contribution in [0.15, 0.2) is 0 Å². The molecule has 9 heteroatoms. The standard InChI is InChI=1S/C22H38F5NO3/c1-2-3-4-5-6-7-8-9-10-11-12-13-14-15-18-31-19(29)16-17-28-20(30)21(23,24)22(25,26)27/h2-18H2,1H3,(H,28,30). The SMILES string of the molecule is CCCCCCCCCCCCCCCCOC(=O)CCNC(=O)C(F)(F)C(F)(F)F. The Hall–Kier alpha value is -1.41. The third-order valence-electron chi connectivity index (χ3n) is 5.02. The monoisotopic (exact) mass is 459 g/mol. The zero-order valence-corrected chi connectivity index (χ0v) is 18.6.